The molecule has 16 aromatic rings. The van der Waals surface area contributed by atoms with Crippen LogP contribution >= 0.6 is 0 Å². The van der Waals surface area contributed by atoms with Crippen molar-refractivity contribution in [1.29, 1.82) is 0 Å². The number of fused-ring (bicyclic) bond motifs is 4. The molecule has 630 valence electrons. The summed E-state index contributed by atoms with van der Waals surface area (Å²) in [5.41, 5.74) is 18.4. The Labute approximate surface area is 701 Å². The van der Waals surface area contributed by atoms with Crippen LogP contribution in [0.3, 0.4) is 0 Å². The molecule has 32 heteroatoms. The average molecular weight is 1640 g/mol. The van der Waals surface area contributed by atoms with Crippen LogP contribution in [-0.2, 0) is 6.54 Å². The van der Waals surface area contributed by atoms with Crippen molar-refractivity contribution in [1.82, 2.24) is 137 Å². The first-order valence-electron chi connectivity index (χ1n) is 43.6. The maximum atomic E-state index is 9.79. The normalized spacial score (nSPS) is 19.3. The molecule has 0 radical (unpaired) electrons. The van der Waals surface area contributed by atoms with Crippen molar-refractivity contribution in [2.45, 2.75) is 257 Å². The maximum Gasteiger partial charge on any atom is 0.0999 e. The highest BCUT2D eigenvalue weighted by molar-refractivity contribution is 5.81. The van der Waals surface area contributed by atoms with Crippen molar-refractivity contribution in [3.8, 4) is 90.1 Å². The highest BCUT2D eigenvalue weighted by Crippen LogP contribution is 2.39. The van der Waals surface area contributed by atoms with Crippen molar-refractivity contribution >= 4 is 22.1 Å². The first-order valence-corrected chi connectivity index (χ1v) is 43.6. The predicted molar refractivity (Wildman–Crippen MR) is 460 cm³/mol. The van der Waals surface area contributed by atoms with Crippen LogP contribution in [-0.4, -0.2) is 181 Å². The zero-order valence-corrected chi connectivity index (χ0v) is 70.3. The first-order chi connectivity index (χ1) is 59.1. The van der Waals surface area contributed by atoms with Gasteiger partial charge in [0.1, 0.15) is 0 Å². The number of hydrogen-bond donors (Lipinski definition) is 4. The zero-order valence-electron chi connectivity index (χ0n) is 70.3. The van der Waals surface area contributed by atoms with E-state index in [9.17, 15) is 20.4 Å². The minimum atomic E-state index is -0.204. The molecule has 32 nitrogen and oxygen atoms in total. The monoisotopic (exact) mass is 1630 g/mol. The van der Waals surface area contributed by atoms with Crippen molar-refractivity contribution in [2.24, 2.45) is 5.92 Å². The van der Waals surface area contributed by atoms with Gasteiger partial charge in [0.25, 0.3) is 0 Å². The smallest absolute Gasteiger partial charge is 0.0999 e. The van der Waals surface area contributed by atoms with Crippen LogP contribution in [0, 0.1) is 5.92 Å². The van der Waals surface area contributed by atoms with Crippen molar-refractivity contribution in [3.63, 3.8) is 0 Å². The summed E-state index contributed by atoms with van der Waals surface area (Å²) in [5.74, 6) is 0.501. The highest BCUT2D eigenvalue weighted by atomic mass is 16.3. The van der Waals surface area contributed by atoms with Gasteiger partial charge in [0.05, 0.1) is 233 Å². The third-order valence-corrected chi connectivity index (χ3v) is 25.1. The molecule has 0 aromatic carbocycles. The van der Waals surface area contributed by atoms with Crippen molar-refractivity contribution in [2.75, 3.05) is 0 Å². The van der Waals surface area contributed by atoms with Gasteiger partial charge in [0, 0.05) is 101 Å². The van der Waals surface area contributed by atoms with E-state index in [1.807, 2.05) is 167 Å². The summed E-state index contributed by atoms with van der Waals surface area (Å²) in [6.45, 7) is 18.3. The molecule has 4 N–H and O–H groups in total. The third kappa shape index (κ3) is 17.4. The van der Waals surface area contributed by atoms with E-state index in [1.165, 1.54) is 0 Å². The van der Waals surface area contributed by atoms with E-state index in [-0.39, 0.29) is 30.5 Å². The van der Waals surface area contributed by atoms with E-state index in [1.54, 1.807) is 24.8 Å². The molecule has 0 saturated heterocycles. The Bertz CT molecular complexity index is 5880. The Kier molecular flexibility index (Phi) is 24.3. The summed E-state index contributed by atoms with van der Waals surface area (Å²) >= 11 is 0. The number of aliphatic hydroxyl groups is 4. The molecule has 0 atom stereocenters. The topological polar surface area (TPSA) is 344 Å². The SMILES string of the molecule is CCC(CC)n1cc(-c2nc(-c3cnn(C4CC(O)C4)c3)cn3nccc23)cn1.CCC(CC)n1cc(-c2nc(-c3cnn(C4CCC(O)CC4)c3)cn3nccc23)cn1.CCC(CC)n1cc(-c2nc(-c3cnn(C4CCC(O)CC4)c3)cn3nccc23)cn1.CCC(CC)n1cc(-c2nc(-c3cnn(CC4CC(O)C4)c3)cn3nccc23)cn1. The molecule has 0 amide bonds. The molecule has 0 spiro atoms. The van der Waals surface area contributed by atoms with E-state index in [4.69, 9.17) is 19.9 Å². The van der Waals surface area contributed by atoms with Crippen molar-refractivity contribution in [3.05, 3.63) is 173 Å². The van der Waals surface area contributed by atoms with Crippen molar-refractivity contribution < 1.29 is 20.4 Å². The summed E-state index contributed by atoms with van der Waals surface area (Å²) in [6.07, 6.45) is 64.5. The Morgan fingerprint density at radius 1 is 0.281 bits per heavy atom. The van der Waals surface area contributed by atoms with E-state index in [2.05, 4.69) is 154 Å². The van der Waals surface area contributed by atoms with Crippen LogP contribution in [0.2, 0.25) is 0 Å². The lowest BCUT2D eigenvalue weighted by Crippen LogP contribution is -2.31. The van der Waals surface area contributed by atoms with Gasteiger partial charge in [-0.2, -0.15) is 61.2 Å². The second-order valence-corrected chi connectivity index (χ2v) is 33.0. The minimum Gasteiger partial charge on any atom is -0.393 e. The Hall–Kier alpha value is -12.0. The lowest BCUT2D eigenvalue weighted by molar-refractivity contribution is 0.0336. The molecule has 4 aliphatic rings. The van der Waals surface area contributed by atoms with E-state index >= 15 is 0 Å². The fourth-order valence-electron chi connectivity index (χ4n) is 17.5. The van der Waals surface area contributed by atoms with Gasteiger partial charge in [-0.1, -0.05) is 55.4 Å². The summed E-state index contributed by atoms with van der Waals surface area (Å²) in [7, 11) is 0. The summed E-state index contributed by atoms with van der Waals surface area (Å²) in [5, 5.41) is 93.1. The van der Waals surface area contributed by atoms with Gasteiger partial charge in [-0.15, -0.1) is 0 Å². The van der Waals surface area contributed by atoms with Gasteiger partial charge in [0.15, 0.2) is 0 Å². The molecule has 0 bridgehead atoms. The van der Waals surface area contributed by atoms with E-state index in [0.717, 1.165) is 247 Å². The van der Waals surface area contributed by atoms with E-state index in [0.29, 0.717) is 42.2 Å². The van der Waals surface area contributed by atoms with E-state index < -0.39 is 0 Å². The van der Waals surface area contributed by atoms with Crippen LogP contribution in [0.5, 0.6) is 0 Å². The molecule has 16 aromatic heterocycles. The average Bonchev–Trinajstić information content (AvgIpc) is 1.63. The summed E-state index contributed by atoms with van der Waals surface area (Å²) in [6, 6.07) is 10.4. The Balaban J connectivity index is 0.000000115. The third-order valence-electron chi connectivity index (χ3n) is 25.1. The summed E-state index contributed by atoms with van der Waals surface area (Å²) in [4.78, 5) is 19.9. The van der Waals surface area contributed by atoms with Gasteiger partial charge in [0.2, 0.25) is 0 Å². The molecule has 4 fully saturated rings. The van der Waals surface area contributed by atoms with Crippen LogP contribution in [0.1, 0.15) is 226 Å². The predicted octanol–water partition coefficient (Wildman–Crippen LogP) is 15.7. The number of nitrogens with zero attached hydrogens (tertiary/aromatic N) is 28. The molecule has 20 rings (SSSR count). The van der Waals surface area contributed by atoms with Gasteiger partial charge in [-0.3, -0.25) is 37.5 Å². The second kappa shape index (κ2) is 36.1. The van der Waals surface area contributed by atoms with Gasteiger partial charge in [-0.05, 0) is 159 Å². The van der Waals surface area contributed by atoms with Gasteiger partial charge < -0.3 is 20.4 Å². The number of hydrogen-bond acceptors (Lipinski definition) is 20. The molecule has 16 heterocycles. The quantitative estimate of drug-likeness (QED) is 0.0413. The minimum absolute atomic E-state index is 0.141. The summed E-state index contributed by atoms with van der Waals surface area (Å²) < 4.78 is 23.6. The molecule has 121 heavy (non-hydrogen) atoms. The fourth-order valence-corrected chi connectivity index (χ4v) is 17.5. The molecule has 4 aliphatic carbocycles. The highest BCUT2D eigenvalue weighted by Gasteiger charge is 2.32. The standard InChI is InChI=1S/2C23H29N7O.C22H27N7O.C21H25N7O/c2*1-3-18(4-2)28-14-17(12-26-28)23-22-9-10-24-30(22)15-21(27-23)16-11-25-29(13-16)19-5-7-20(31)8-6-19;1-3-18(4-2)28-13-17(10-25-28)22-21-5-6-23-29(21)14-20(26-22)16-9-24-27(12-16)11-15-7-19(30)8-15;1-3-16(4-2)26-12-15(10-24-26)21-20-5-6-22-28(20)13-19(25-21)14-9-23-27(11-14)17-7-18(29)8-17/h2*9-15,18-20,31H,3-8H2,1-2H3;5-6,9-10,12-15,18-19,30H,3-4,7-8,11H2,1-2H3;5-6,9-13,16-18,29H,3-4,7-8H2,1-2H3. The molecular weight excluding hydrogens is 1530 g/mol. The molecule has 0 unspecified atom stereocenters. The maximum absolute atomic E-state index is 9.79. The number of aliphatic hydroxyl groups excluding tert-OH is 4. The van der Waals surface area contributed by atoms with Crippen LogP contribution in [0.4, 0.5) is 0 Å². The zero-order chi connectivity index (χ0) is 83.4. The lowest BCUT2D eigenvalue weighted by Gasteiger charge is -2.31. The van der Waals surface area contributed by atoms with Gasteiger partial charge >= 0.3 is 0 Å². The second-order valence-electron chi connectivity index (χ2n) is 33.0. The number of rotatable bonds is 25. The molecule has 0 aliphatic heterocycles. The molecular formula is C89H110N28O4. The first kappa shape index (κ1) is 81.4. The molecule has 4 saturated carbocycles. The largest absolute Gasteiger partial charge is 0.393 e. The van der Waals surface area contributed by atoms with Gasteiger partial charge in [-0.25, -0.2) is 38.0 Å². The van der Waals surface area contributed by atoms with Crippen LogP contribution in [0.25, 0.3) is 112 Å². The fraction of sp³-hybridized carbons (Fsp3) is 0.461. The Morgan fingerprint density at radius 2 is 0.554 bits per heavy atom. The Morgan fingerprint density at radius 3 is 0.843 bits per heavy atom. The van der Waals surface area contributed by atoms with Crippen LogP contribution in [0.15, 0.2) is 173 Å². The lowest BCUT2D eigenvalue weighted by atomic mass is 9.82. The number of aromatic nitrogens is 28. The van der Waals surface area contributed by atoms with Crippen LogP contribution < -0.4 is 0 Å².